The highest BCUT2D eigenvalue weighted by Crippen LogP contribution is 2.31. The van der Waals surface area contributed by atoms with Gasteiger partial charge in [0.2, 0.25) is 5.91 Å². The van der Waals surface area contributed by atoms with Crippen molar-refractivity contribution < 1.29 is 9.59 Å². The van der Waals surface area contributed by atoms with Crippen molar-refractivity contribution in [1.82, 2.24) is 15.3 Å². The molecule has 5 rings (SSSR count). The number of halogens is 1. The van der Waals surface area contributed by atoms with E-state index in [2.05, 4.69) is 25.9 Å². The Kier molecular flexibility index (Phi) is 8.43. The molecule has 3 aromatic heterocycles. The maximum Gasteiger partial charge on any atom is 0.262 e. The third-order valence-corrected chi connectivity index (χ3v) is 8.75. The van der Waals surface area contributed by atoms with Crippen molar-refractivity contribution >= 4 is 56.9 Å². The minimum absolute atomic E-state index is 0.0452. The zero-order chi connectivity index (χ0) is 27.4. The molecule has 0 saturated heterocycles. The van der Waals surface area contributed by atoms with Crippen molar-refractivity contribution in [2.45, 2.75) is 58.0 Å². The summed E-state index contributed by atoms with van der Waals surface area (Å²) in [5, 5.41) is 12.1. The number of aryl methyl sites for hydroxylation is 1. The number of rotatable bonds is 9. The molecule has 1 aromatic carbocycles. The fourth-order valence-electron chi connectivity index (χ4n) is 5.10. The second kappa shape index (κ2) is 12.1. The lowest BCUT2D eigenvalue weighted by atomic mass is 9.97. The van der Waals surface area contributed by atoms with E-state index in [1.807, 2.05) is 56.3 Å². The summed E-state index contributed by atoms with van der Waals surface area (Å²) in [5.41, 5.74) is 2.41. The highest BCUT2D eigenvalue weighted by molar-refractivity contribution is 7.14. The third-order valence-electron chi connectivity index (χ3n) is 7.28. The van der Waals surface area contributed by atoms with Crippen LogP contribution in [0.1, 0.15) is 65.3 Å². The maximum atomic E-state index is 13.4. The van der Waals surface area contributed by atoms with Gasteiger partial charge in [-0.1, -0.05) is 43.4 Å². The van der Waals surface area contributed by atoms with Crippen LogP contribution in [0.3, 0.4) is 0 Å². The number of hydrogen-bond donors (Lipinski definition) is 3. The summed E-state index contributed by atoms with van der Waals surface area (Å²) in [6, 6.07) is 12.6. The molecule has 0 spiro atoms. The quantitative estimate of drug-likeness (QED) is 0.202. The number of benzene rings is 1. The third kappa shape index (κ3) is 6.75. The highest BCUT2D eigenvalue weighted by atomic mass is 35.5. The lowest BCUT2D eigenvalue weighted by Gasteiger charge is -2.21. The van der Waals surface area contributed by atoms with E-state index in [1.165, 1.54) is 24.2 Å². The predicted molar refractivity (Wildman–Crippen MR) is 159 cm³/mol. The smallest absolute Gasteiger partial charge is 0.262 e. The predicted octanol–water partition coefficient (Wildman–Crippen LogP) is 7.14. The Morgan fingerprint density at radius 2 is 1.90 bits per heavy atom. The molecule has 2 amide bonds. The Morgan fingerprint density at radius 1 is 1.08 bits per heavy atom. The summed E-state index contributed by atoms with van der Waals surface area (Å²) in [4.78, 5) is 36.8. The van der Waals surface area contributed by atoms with E-state index >= 15 is 0 Å². The minimum atomic E-state index is -0.616. The number of amides is 2. The molecule has 9 heteroatoms. The van der Waals surface area contributed by atoms with Gasteiger partial charge < -0.3 is 16.0 Å². The fraction of sp³-hybridized carbons (Fsp3) is 0.333. The summed E-state index contributed by atoms with van der Waals surface area (Å²) in [6.45, 7) is 3.95. The molecule has 0 radical (unpaired) electrons. The number of aromatic nitrogens is 2. The number of nitrogens with zero attached hydrogens (tertiary/aromatic N) is 2. The second-order valence-corrected chi connectivity index (χ2v) is 11.7. The van der Waals surface area contributed by atoms with E-state index in [4.69, 9.17) is 11.6 Å². The van der Waals surface area contributed by atoms with Gasteiger partial charge >= 0.3 is 0 Å². The lowest BCUT2D eigenvalue weighted by molar-refractivity contribution is -0.118. The molecule has 1 saturated carbocycles. The SMILES string of the molecule is Cc1ncc(Cl)cc1NC(C)c1ccc(C(=O)NC(CC2CCCC2)C(=O)Nc2ccc3cnccc3c2)s1. The van der Waals surface area contributed by atoms with Crippen molar-refractivity contribution in [2.24, 2.45) is 5.92 Å². The van der Waals surface area contributed by atoms with E-state index in [9.17, 15) is 9.59 Å². The second-order valence-electron chi connectivity index (χ2n) is 10.2. The topological polar surface area (TPSA) is 96.0 Å². The molecule has 1 fully saturated rings. The standard InChI is InChI=1S/C30H32ClN5O2S/c1-18-25(15-23(31)17-33-18)34-19(2)27-9-10-28(39-27)30(38)36-26(13-20-5-3-4-6-20)29(37)35-24-8-7-22-16-32-12-11-21(22)14-24/h7-12,14-17,19-20,26,34H,3-6,13H2,1-2H3,(H,35,37)(H,36,38). The zero-order valence-corrected chi connectivity index (χ0v) is 23.6. The van der Waals surface area contributed by atoms with E-state index in [-0.39, 0.29) is 17.9 Å². The van der Waals surface area contributed by atoms with Gasteiger partial charge in [-0.2, -0.15) is 0 Å². The summed E-state index contributed by atoms with van der Waals surface area (Å²) >= 11 is 7.53. The number of carbonyl (C=O) groups is 2. The van der Waals surface area contributed by atoms with E-state index < -0.39 is 6.04 Å². The average Bonchev–Trinajstić information content (AvgIpc) is 3.63. The Morgan fingerprint density at radius 3 is 2.72 bits per heavy atom. The van der Waals surface area contributed by atoms with Crippen LogP contribution in [0.4, 0.5) is 11.4 Å². The van der Waals surface area contributed by atoms with Crippen molar-refractivity contribution in [3.05, 3.63) is 81.5 Å². The molecule has 39 heavy (non-hydrogen) atoms. The first-order valence-corrected chi connectivity index (χ1v) is 14.5. The monoisotopic (exact) mass is 561 g/mol. The van der Waals surface area contributed by atoms with Gasteiger partial charge in [-0.05, 0) is 68.0 Å². The Hall–Kier alpha value is -3.49. The first kappa shape index (κ1) is 27.1. The number of hydrogen-bond acceptors (Lipinski definition) is 6. The van der Waals surface area contributed by atoms with Gasteiger partial charge in [0, 0.05) is 34.5 Å². The molecule has 2 unspecified atom stereocenters. The van der Waals surface area contributed by atoms with E-state index in [0.29, 0.717) is 27.9 Å². The fourth-order valence-corrected chi connectivity index (χ4v) is 6.17. The van der Waals surface area contributed by atoms with Crippen molar-refractivity contribution in [3.8, 4) is 0 Å². The molecule has 202 valence electrons. The van der Waals surface area contributed by atoms with Crippen LogP contribution in [0.15, 0.2) is 61.1 Å². The normalized spacial score (nSPS) is 15.2. The first-order valence-electron chi connectivity index (χ1n) is 13.3. The largest absolute Gasteiger partial charge is 0.376 e. The Bertz CT molecular complexity index is 1480. The van der Waals surface area contributed by atoms with Crippen LogP contribution in [-0.4, -0.2) is 27.8 Å². The zero-order valence-electron chi connectivity index (χ0n) is 22.0. The van der Waals surface area contributed by atoms with Gasteiger partial charge in [-0.3, -0.25) is 19.6 Å². The van der Waals surface area contributed by atoms with Crippen LogP contribution in [0.5, 0.6) is 0 Å². The average molecular weight is 562 g/mol. The molecular formula is C30H32ClN5O2S. The lowest BCUT2D eigenvalue weighted by Crippen LogP contribution is -2.44. The first-order chi connectivity index (χ1) is 18.9. The van der Waals surface area contributed by atoms with Crippen molar-refractivity contribution in [2.75, 3.05) is 10.6 Å². The number of thiophene rings is 1. The highest BCUT2D eigenvalue weighted by Gasteiger charge is 2.28. The Labute approximate surface area is 237 Å². The summed E-state index contributed by atoms with van der Waals surface area (Å²) < 4.78 is 0. The van der Waals surface area contributed by atoms with E-state index in [1.54, 1.807) is 18.6 Å². The van der Waals surface area contributed by atoms with Gasteiger partial charge in [0.05, 0.1) is 27.3 Å². The van der Waals surface area contributed by atoms with Gasteiger partial charge in [0.1, 0.15) is 6.04 Å². The van der Waals surface area contributed by atoms with Gasteiger partial charge in [0.15, 0.2) is 0 Å². The molecule has 7 nitrogen and oxygen atoms in total. The van der Waals surface area contributed by atoms with Crippen LogP contribution in [0, 0.1) is 12.8 Å². The van der Waals surface area contributed by atoms with Gasteiger partial charge in [0.25, 0.3) is 5.91 Å². The molecule has 3 heterocycles. The summed E-state index contributed by atoms with van der Waals surface area (Å²) in [5.74, 6) is 0.00239. The Balaban J connectivity index is 1.28. The molecule has 0 aliphatic heterocycles. The van der Waals surface area contributed by atoms with Crippen LogP contribution in [0.2, 0.25) is 5.02 Å². The molecule has 1 aliphatic rings. The number of pyridine rings is 2. The van der Waals surface area contributed by atoms with Crippen LogP contribution in [-0.2, 0) is 4.79 Å². The van der Waals surface area contributed by atoms with Crippen molar-refractivity contribution in [3.63, 3.8) is 0 Å². The molecule has 3 N–H and O–H groups in total. The van der Waals surface area contributed by atoms with Crippen LogP contribution in [0.25, 0.3) is 10.8 Å². The van der Waals surface area contributed by atoms with Crippen molar-refractivity contribution in [1.29, 1.82) is 0 Å². The van der Waals surface area contributed by atoms with Crippen LogP contribution < -0.4 is 16.0 Å². The van der Waals surface area contributed by atoms with E-state index in [0.717, 1.165) is 39.9 Å². The van der Waals surface area contributed by atoms with Crippen LogP contribution >= 0.6 is 22.9 Å². The summed E-state index contributed by atoms with van der Waals surface area (Å²) in [7, 11) is 0. The van der Waals surface area contributed by atoms with Gasteiger partial charge in [-0.25, -0.2) is 0 Å². The molecule has 1 aliphatic carbocycles. The minimum Gasteiger partial charge on any atom is -0.376 e. The number of anilines is 2. The molecule has 0 bridgehead atoms. The number of fused-ring (bicyclic) bond motifs is 1. The number of nitrogens with one attached hydrogen (secondary N) is 3. The van der Waals surface area contributed by atoms with Gasteiger partial charge in [-0.15, -0.1) is 11.3 Å². The number of carbonyl (C=O) groups excluding carboxylic acids is 2. The maximum absolute atomic E-state index is 13.4. The molecule has 4 aromatic rings. The molecular weight excluding hydrogens is 530 g/mol. The molecule has 2 atom stereocenters. The summed E-state index contributed by atoms with van der Waals surface area (Å²) in [6.07, 6.45) is 10.3.